The smallest absolute Gasteiger partial charge is 0.270 e. The SMILES string of the molecule is N#Cc1c(O)c2c(ccn2-c2ccc(-c3ccccc3Cl)cc2)[nH]c1=O. The summed E-state index contributed by atoms with van der Waals surface area (Å²) in [6, 6.07) is 18.6. The monoisotopic (exact) mass is 361 g/mol. The van der Waals surface area contributed by atoms with E-state index in [1.807, 2.05) is 48.5 Å². The Kier molecular flexibility index (Phi) is 3.76. The molecule has 2 aromatic heterocycles. The summed E-state index contributed by atoms with van der Waals surface area (Å²) in [5.74, 6) is -0.327. The van der Waals surface area contributed by atoms with E-state index < -0.39 is 5.56 Å². The molecule has 2 aromatic carbocycles. The molecule has 0 radical (unpaired) electrons. The van der Waals surface area contributed by atoms with E-state index in [2.05, 4.69) is 4.98 Å². The van der Waals surface area contributed by atoms with Crippen LogP contribution in [-0.2, 0) is 0 Å². The number of aromatic nitrogens is 2. The quantitative estimate of drug-likeness (QED) is 0.561. The number of H-pyrrole nitrogens is 1. The Morgan fingerprint density at radius 2 is 1.81 bits per heavy atom. The van der Waals surface area contributed by atoms with Crippen LogP contribution in [0.15, 0.2) is 65.6 Å². The number of hydrogen-bond donors (Lipinski definition) is 2. The molecular formula is C20H12ClN3O2. The molecule has 4 aromatic rings. The third-order valence-electron chi connectivity index (χ3n) is 4.26. The Balaban J connectivity index is 1.86. The Morgan fingerprint density at radius 1 is 1.08 bits per heavy atom. The third kappa shape index (κ3) is 2.44. The number of nitrogens with one attached hydrogen (secondary N) is 1. The molecule has 0 atom stereocenters. The predicted octanol–water partition coefficient (Wildman–Crippen LogP) is 4.22. The van der Waals surface area contributed by atoms with Crippen molar-refractivity contribution in [2.75, 3.05) is 0 Å². The highest BCUT2D eigenvalue weighted by molar-refractivity contribution is 6.33. The molecule has 2 heterocycles. The zero-order valence-electron chi connectivity index (χ0n) is 13.4. The van der Waals surface area contributed by atoms with E-state index in [9.17, 15) is 9.90 Å². The summed E-state index contributed by atoms with van der Waals surface area (Å²) < 4.78 is 1.72. The molecule has 26 heavy (non-hydrogen) atoms. The Hall–Kier alpha value is -3.49. The number of benzene rings is 2. The first-order valence-corrected chi connectivity index (χ1v) is 8.19. The maximum atomic E-state index is 11.8. The van der Waals surface area contributed by atoms with Gasteiger partial charge in [0, 0.05) is 22.5 Å². The summed E-state index contributed by atoms with van der Waals surface area (Å²) in [6.07, 6.45) is 1.73. The minimum absolute atomic E-state index is 0.301. The third-order valence-corrected chi connectivity index (χ3v) is 4.59. The minimum atomic E-state index is -0.607. The fourth-order valence-electron chi connectivity index (χ4n) is 3.00. The molecule has 0 aliphatic carbocycles. The number of aromatic amines is 1. The van der Waals surface area contributed by atoms with Crippen LogP contribution < -0.4 is 5.56 Å². The molecule has 0 aliphatic heterocycles. The minimum Gasteiger partial charge on any atom is -0.504 e. The van der Waals surface area contributed by atoms with Crippen molar-refractivity contribution in [2.24, 2.45) is 0 Å². The molecule has 0 amide bonds. The van der Waals surface area contributed by atoms with Gasteiger partial charge in [0.05, 0.1) is 5.52 Å². The normalized spacial score (nSPS) is 10.8. The standard InChI is InChI=1S/C20H12ClN3O2/c21-16-4-2-1-3-14(16)12-5-7-13(8-6-12)24-10-9-17-18(24)19(25)15(11-22)20(26)23-17/h1-10H,(H2,23,25,26). The molecule has 0 saturated carbocycles. The van der Waals surface area contributed by atoms with Crippen molar-refractivity contribution >= 4 is 22.6 Å². The molecule has 0 saturated heterocycles. The Labute approximate surface area is 153 Å². The zero-order valence-corrected chi connectivity index (χ0v) is 14.2. The second-order valence-corrected chi connectivity index (χ2v) is 6.17. The topological polar surface area (TPSA) is 81.8 Å². The maximum Gasteiger partial charge on any atom is 0.270 e. The molecule has 4 rings (SSSR count). The number of nitriles is 1. The van der Waals surface area contributed by atoms with Crippen LogP contribution in [0.4, 0.5) is 0 Å². The van der Waals surface area contributed by atoms with Crippen LogP contribution >= 0.6 is 11.6 Å². The van der Waals surface area contributed by atoms with E-state index >= 15 is 0 Å². The largest absolute Gasteiger partial charge is 0.504 e. The van der Waals surface area contributed by atoms with Crippen molar-refractivity contribution in [2.45, 2.75) is 0 Å². The van der Waals surface area contributed by atoms with E-state index in [4.69, 9.17) is 16.9 Å². The lowest BCUT2D eigenvalue weighted by molar-refractivity contribution is 0.476. The molecule has 0 aliphatic rings. The lowest BCUT2D eigenvalue weighted by atomic mass is 10.1. The first-order chi connectivity index (χ1) is 12.6. The first kappa shape index (κ1) is 16.0. The highest BCUT2D eigenvalue weighted by Gasteiger charge is 2.16. The van der Waals surface area contributed by atoms with Crippen LogP contribution in [0.3, 0.4) is 0 Å². The molecule has 0 bridgehead atoms. The van der Waals surface area contributed by atoms with Crippen LogP contribution in [0.25, 0.3) is 27.8 Å². The lowest BCUT2D eigenvalue weighted by Crippen LogP contribution is -2.10. The molecule has 2 N–H and O–H groups in total. The summed E-state index contributed by atoms with van der Waals surface area (Å²) in [4.78, 5) is 14.4. The fraction of sp³-hybridized carbons (Fsp3) is 0. The summed E-state index contributed by atoms with van der Waals surface area (Å²) in [6.45, 7) is 0. The molecule has 0 unspecified atom stereocenters. The van der Waals surface area contributed by atoms with E-state index in [0.29, 0.717) is 16.1 Å². The van der Waals surface area contributed by atoms with Crippen LogP contribution in [0.5, 0.6) is 5.75 Å². The van der Waals surface area contributed by atoms with E-state index in [1.54, 1.807) is 22.9 Å². The van der Waals surface area contributed by atoms with Crippen molar-refractivity contribution in [3.05, 3.63) is 81.7 Å². The summed E-state index contributed by atoms with van der Waals surface area (Å²) in [5, 5.41) is 20.1. The van der Waals surface area contributed by atoms with Crippen LogP contribution in [0.1, 0.15) is 5.56 Å². The van der Waals surface area contributed by atoms with Gasteiger partial charge in [-0.25, -0.2) is 0 Å². The molecule has 0 fully saturated rings. The van der Waals surface area contributed by atoms with E-state index in [-0.39, 0.29) is 11.3 Å². The molecule has 5 nitrogen and oxygen atoms in total. The maximum absolute atomic E-state index is 11.8. The van der Waals surface area contributed by atoms with Crippen molar-refractivity contribution in [1.82, 2.24) is 9.55 Å². The number of nitrogens with zero attached hydrogens (tertiary/aromatic N) is 2. The van der Waals surface area contributed by atoms with Gasteiger partial charge >= 0.3 is 0 Å². The zero-order chi connectivity index (χ0) is 18.3. The number of aromatic hydroxyl groups is 1. The van der Waals surface area contributed by atoms with E-state index in [0.717, 1.165) is 16.8 Å². The van der Waals surface area contributed by atoms with Crippen molar-refractivity contribution in [1.29, 1.82) is 5.26 Å². The molecular weight excluding hydrogens is 350 g/mol. The van der Waals surface area contributed by atoms with Crippen molar-refractivity contribution in [3.8, 4) is 28.6 Å². The van der Waals surface area contributed by atoms with Crippen LogP contribution in [0, 0.1) is 11.3 Å². The highest BCUT2D eigenvalue weighted by atomic mass is 35.5. The summed E-state index contributed by atoms with van der Waals surface area (Å²) >= 11 is 6.24. The molecule has 6 heteroatoms. The number of hydrogen-bond acceptors (Lipinski definition) is 3. The van der Waals surface area contributed by atoms with Gasteiger partial charge in [-0.2, -0.15) is 5.26 Å². The van der Waals surface area contributed by atoms with Gasteiger partial charge in [-0.3, -0.25) is 4.79 Å². The van der Waals surface area contributed by atoms with Gasteiger partial charge in [-0.1, -0.05) is 41.9 Å². The van der Waals surface area contributed by atoms with Crippen molar-refractivity contribution < 1.29 is 5.11 Å². The van der Waals surface area contributed by atoms with Gasteiger partial charge in [0.2, 0.25) is 0 Å². The molecule has 0 spiro atoms. The number of rotatable bonds is 2. The van der Waals surface area contributed by atoms with Gasteiger partial charge in [0.15, 0.2) is 11.3 Å². The van der Waals surface area contributed by atoms with Gasteiger partial charge < -0.3 is 14.7 Å². The summed E-state index contributed by atoms with van der Waals surface area (Å²) in [7, 11) is 0. The predicted molar refractivity (Wildman–Crippen MR) is 101 cm³/mol. The van der Waals surface area contributed by atoms with Crippen molar-refractivity contribution in [3.63, 3.8) is 0 Å². The van der Waals surface area contributed by atoms with Gasteiger partial charge in [-0.15, -0.1) is 0 Å². The second kappa shape index (κ2) is 6.10. The lowest BCUT2D eigenvalue weighted by Gasteiger charge is -2.09. The number of pyridine rings is 1. The Morgan fingerprint density at radius 3 is 2.50 bits per heavy atom. The summed E-state index contributed by atoms with van der Waals surface area (Å²) in [5.41, 5.74) is 2.60. The number of halogens is 1. The number of fused-ring (bicyclic) bond motifs is 1. The van der Waals surface area contributed by atoms with Crippen LogP contribution in [0.2, 0.25) is 5.02 Å². The molecule has 126 valence electrons. The second-order valence-electron chi connectivity index (χ2n) is 5.76. The van der Waals surface area contributed by atoms with Gasteiger partial charge in [-0.05, 0) is 29.8 Å². The fourth-order valence-corrected chi connectivity index (χ4v) is 3.25. The first-order valence-electron chi connectivity index (χ1n) is 7.82. The van der Waals surface area contributed by atoms with Gasteiger partial charge in [0.1, 0.15) is 11.6 Å². The van der Waals surface area contributed by atoms with Gasteiger partial charge in [0.25, 0.3) is 5.56 Å². The average molecular weight is 362 g/mol. The average Bonchev–Trinajstić information content (AvgIpc) is 3.06. The highest BCUT2D eigenvalue weighted by Crippen LogP contribution is 2.31. The Bertz CT molecular complexity index is 1230. The van der Waals surface area contributed by atoms with Crippen LogP contribution in [-0.4, -0.2) is 14.7 Å². The van der Waals surface area contributed by atoms with E-state index in [1.165, 1.54) is 0 Å².